The van der Waals surface area contributed by atoms with Crippen LogP contribution in [0.1, 0.15) is 35.1 Å². The molecular weight excluding hydrogens is 493 g/mol. The van der Waals surface area contributed by atoms with E-state index in [4.69, 9.17) is 4.74 Å². The van der Waals surface area contributed by atoms with Gasteiger partial charge in [0.1, 0.15) is 5.82 Å². The molecule has 5 aromatic carbocycles. The molecule has 1 unspecified atom stereocenters. The minimum Gasteiger partial charge on any atom is -0.453 e. The summed E-state index contributed by atoms with van der Waals surface area (Å²) in [5.74, 6) is 1.45. The van der Waals surface area contributed by atoms with Crippen molar-refractivity contribution >= 4 is 22.6 Å². The summed E-state index contributed by atoms with van der Waals surface area (Å²) in [5, 5.41) is 0. The molecule has 3 heteroatoms. The molecule has 0 aromatic heterocycles. The van der Waals surface area contributed by atoms with Gasteiger partial charge in [0.25, 0.3) is 0 Å². The molecule has 1 spiro atoms. The summed E-state index contributed by atoms with van der Waals surface area (Å²) < 4.78 is 21.4. The Balaban J connectivity index is 1.37. The second-order valence-electron chi connectivity index (χ2n) is 10.9. The van der Waals surface area contributed by atoms with E-state index < -0.39 is 5.41 Å². The van der Waals surface area contributed by atoms with Crippen molar-refractivity contribution in [3.63, 3.8) is 0 Å². The van der Waals surface area contributed by atoms with Crippen LogP contribution in [0.25, 0.3) is 16.7 Å². The van der Waals surface area contributed by atoms with Gasteiger partial charge in [-0.1, -0.05) is 72.8 Å². The molecule has 40 heavy (non-hydrogen) atoms. The SMILES string of the molecule is Fc1ccc2c(c1)C1(C3=C(CCC=C3)c3ccccc31)c1cc(N3c4ccccc4Oc4ccccc43)ccc1-2. The Bertz CT molecular complexity index is 1920. The summed E-state index contributed by atoms with van der Waals surface area (Å²) in [7, 11) is 0. The summed E-state index contributed by atoms with van der Waals surface area (Å²) in [6.07, 6.45) is 6.60. The average Bonchev–Trinajstić information content (AvgIpc) is 3.46. The smallest absolute Gasteiger partial charge is 0.151 e. The third-order valence-electron chi connectivity index (χ3n) is 9.00. The Morgan fingerprint density at radius 1 is 0.650 bits per heavy atom. The number of benzene rings is 5. The maximum absolute atomic E-state index is 15.1. The summed E-state index contributed by atoms with van der Waals surface area (Å²) in [5.41, 5.74) is 12.2. The highest BCUT2D eigenvalue weighted by molar-refractivity contribution is 5.97. The molecule has 0 radical (unpaired) electrons. The number of nitrogens with zero attached hydrogens (tertiary/aromatic N) is 1. The summed E-state index contributed by atoms with van der Waals surface area (Å²) in [4.78, 5) is 2.29. The van der Waals surface area contributed by atoms with Crippen molar-refractivity contribution in [2.75, 3.05) is 4.90 Å². The van der Waals surface area contributed by atoms with Crippen LogP contribution in [-0.4, -0.2) is 0 Å². The number of para-hydroxylation sites is 4. The van der Waals surface area contributed by atoms with Gasteiger partial charge in [0, 0.05) is 5.69 Å². The van der Waals surface area contributed by atoms with Crippen LogP contribution in [0.2, 0.25) is 0 Å². The van der Waals surface area contributed by atoms with Crippen LogP contribution < -0.4 is 9.64 Å². The fourth-order valence-corrected chi connectivity index (χ4v) is 7.50. The molecule has 190 valence electrons. The van der Waals surface area contributed by atoms with Gasteiger partial charge in [-0.15, -0.1) is 0 Å². The molecule has 1 atom stereocenters. The van der Waals surface area contributed by atoms with E-state index in [1.807, 2.05) is 42.5 Å². The minimum absolute atomic E-state index is 0.200. The molecule has 0 saturated heterocycles. The van der Waals surface area contributed by atoms with Gasteiger partial charge in [-0.25, -0.2) is 4.39 Å². The number of hydrogen-bond acceptors (Lipinski definition) is 2. The number of anilines is 3. The molecule has 0 N–H and O–H groups in total. The average molecular weight is 518 g/mol. The third kappa shape index (κ3) is 2.67. The van der Waals surface area contributed by atoms with Gasteiger partial charge < -0.3 is 9.64 Å². The zero-order valence-corrected chi connectivity index (χ0v) is 21.7. The fraction of sp³-hybridized carbons (Fsp3) is 0.0811. The van der Waals surface area contributed by atoms with Crippen LogP contribution in [0.3, 0.4) is 0 Å². The first-order valence-electron chi connectivity index (χ1n) is 13.9. The number of allylic oxidation sites excluding steroid dienone is 4. The molecule has 1 aliphatic heterocycles. The van der Waals surface area contributed by atoms with Crippen LogP contribution in [0.15, 0.2) is 127 Å². The van der Waals surface area contributed by atoms with E-state index in [1.54, 1.807) is 12.1 Å². The van der Waals surface area contributed by atoms with Gasteiger partial charge >= 0.3 is 0 Å². The fourth-order valence-electron chi connectivity index (χ4n) is 7.50. The number of ether oxygens (including phenoxy) is 1. The Morgan fingerprint density at radius 2 is 1.32 bits per heavy atom. The highest BCUT2D eigenvalue weighted by Gasteiger charge is 2.52. The highest BCUT2D eigenvalue weighted by Crippen LogP contribution is 2.64. The number of fused-ring (bicyclic) bond motifs is 11. The first kappa shape index (κ1) is 22.0. The van der Waals surface area contributed by atoms with Crippen LogP contribution in [0.4, 0.5) is 21.5 Å². The molecule has 9 rings (SSSR count). The number of rotatable bonds is 1. The minimum atomic E-state index is -0.559. The standard InChI is InChI=1S/C37H24FNO/c38-23-17-19-27-28-20-18-24(39-33-13-5-7-15-35(33)40-36-16-8-6-14-34(36)39)22-32(28)37(31(27)21-23)29-11-3-1-9-25(29)26-10-2-4-12-30(26)37/h1,3-9,11-22H,2,10H2. The zero-order valence-electron chi connectivity index (χ0n) is 21.7. The van der Waals surface area contributed by atoms with Crippen molar-refractivity contribution in [3.05, 3.63) is 155 Å². The van der Waals surface area contributed by atoms with Crippen LogP contribution in [0, 0.1) is 5.82 Å². The molecule has 0 saturated carbocycles. The lowest BCUT2D eigenvalue weighted by molar-refractivity contribution is 0.477. The number of hydrogen-bond donors (Lipinski definition) is 0. The molecule has 5 aromatic rings. The highest BCUT2D eigenvalue weighted by atomic mass is 19.1. The molecular formula is C37H24FNO. The van der Waals surface area contributed by atoms with Gasteiger partial charge in [0.05, 0.1) is 16.8 Å². The second kappa shape index (κ2) is 7.83. The lowest BCUT2D eigenvalue weighted by atomic mass is 9.69. The summed E-state index contributed by atoms with van der Waals surface area (Å²) in [6, 6.07) is 37.2. The van der Waals surface area contributed by atoms with Gasteiger partial charge in [0.2, 0.25) is 0 Å². The van der Waals surface area contributed by atoms with E-state index in [9.17, 15) is 0 Å². The predicted octanol–water partition coefficient (Wildman–Crippen LogP) is 9.83. The molecule has 2 nitrogen and oxygen atoms in total. The Morgan fingerprint density at radius 3 is 2.12 bits per heavy atom. The van der Waals surface area contributed by atoms with Crippen molar-refractivity contribution in [1.29, 1.82) is 0 Å². The van der Waals surface area contributed by atoms with Crippen molar-refractivity contribution in [2.45, 2.75) is 18.3 Å². The lowest BCUT2D eigenvalue weighted by Crippen LogP contribution is -2.27. The van der Waals surface area contributed by atoms with Crippen LogP contribution in [-0.2, 0) is 5.41 Å². The summed E-state index contributed by atoms with van der Waals surface area (Å²) >= 11 is 0. The first-order chi connectivity index (χ1) is 19.7. The van der Waals surface area contributed by atoms with E-state index in [1.165, 1.54) is 27.8 Å². The monoisotopic (exact) mass is 517 g/mol. The lowest BCUT2D eigenvalue weighted by Gasteiger charge is -2.35. The van der Waals surface area contributed by atoms with E-state index in [2.05, 4.69) is 71.6 Å². The second-order valence-corrected chi connectivity index (χ2v) is 10.9. The Kier molecular flexibility index (Phi) is 4.30. The normalized spacial score (nSPS) is 19.0. The quantitative estimate of drug-likeness (QED) is 0.215. The van der Waals surface area contributed by atoms with Crippen molar-refractivity contribution in [3.8, 4) is 22.6 Å². The maximum Gasteiger partial charge on any atom is 0.151 e. The van der Waals surface area contributed by atoms with E-state index >= 15 is 4.39 Å². The molecule has 4 aliphatic rings. The van der Waals surface area contributed by atoms with E-state index in [0.29, 0.717) is 0 Å². The van der Waals surface area contributed by atoms with Gasteiger partial charge in [-0.3, -0.25) is 0 Å². The third-order valence-corrected chi connectivity index (χ3v) is 9.00. The predicted molar refractivity (Wildman–Crippen MR) is 158 cm³/mol. The summed E-state index contributed by atoms with van der Waals surface area (Å²) in [6.45, 7) is 0. The first-order valence-corrected chi connectivity index (χ1v) is 13.9. The molecule has 0 bridgehead atoms. The van der Waals surface area contributed by atoms with E-state index in [-0.39, 0.29) is 5.82 Å². The van der Waals surface area contributed by atoms with Gasteiger partial charge in [0.15, 0.2) is 11.5 Å². The maximum atomic E-state index is 15.1. The van der Waals surface area contributed by atoms with Crippen molar-refractivity contribution in [1.82, 2.24) is 0 Å². The molecule has 0 fully saturated rings. The zero-order chi connectivity index (χ0) is 26.4. The van der Waals surface area contributed by atoms with Crippen LogP contribution >= 0.6 is 0 Å². The Labute approximate surface area is 232 Å². The van der Waals surface area contributed by atoms with Crippen LogP contribution in [0.5, 0.6) is 11.5 Å². The molecule has 1 heterocycles. The molecule has 3 aliphatic carbocycles. The molecule has 0 amide bonds. The largest absolute Gasteiger partial charge is 0.453 e. The number of halogens is 1. The van der Waals surface area contributed by atoms with Crippen molar-refractivity contribution in [2.24, 2.45) is 0 Å². The Hall–Kier alpha value is -4.89. The van der Waals surface area contributed by atoms with Gasteiger partial charge in [-0.2, -0.15) is 0 Å². The van der Waals surface area contributed by atoms with Crippen molar-refractivity contribution < 1.29 is 9.13 Å². The topological polar surface area (TPSA) is 12.5 Å². The van der Waals surface area contributed by atoms with Gasteiger partial charge in [-0.05, 0) is 106 Å². The van der Waals surface area contributed by atoms with E-state index in [0.717, 1.165) is 58.1 Å².